The van der Waals surface area contributed by atoms with E-state index in [0.29, 0.717) is 5.69 Å². The summed E-state index contributed by atoms with van der Waals surface area (Å²) < 4.78 is 0. The van der Waals surface area contributed by atoms with E-state index >= 15 is 0 Å². The average molecular weight is 204 g/mol. The number of fused-ring (bicyclic) bond motifs is 1. The Morgan fingerprint density at radius 1 is 1.13 bits per heavy atom. The van der Waals surface area contributed by atoms with Crippen LogP contribution in [0.25, 0.3) is 10.8 Å². The van der Waals surface area contributed by atoms with Crippen molar-refractivity contribution in [2.24, 2.45) is 0 Å². The molecule has 4 nitrogen and oxygen atoms in total. The summed E-state index contributed by atoms with van der Waals surface area (Å²) in [5, 5.41) is 28.0. The van der Waals surface area contributed by atoms with Gasteiger partial charge in [-0.05, 0) is 0 Å². The molecule has 0 saturated heterocycles. The number of aromatic nitrogens is 2. The third-order valence-electron chi connectivity index (χ3n) is 2.43. The predicted octanol–water partition coefficient (Wildman–Crippen LogP) is 0.698. The normalized spacial score (nSPS) is 11.1. The first-order valence-corrected chi connectivity index (χ1v) is 4.79. The van der Waals surface area contributed by atoms with Crippen LogP contribution in [0.1, 0.15) is 11.6 Å². The molecular formula is C11H12N2O2. The summed E-state index contributed by atoms with van der Waals surface area (Å²) in [6.45, 7) is -0.252. The lowest BCUT2D eigenvalue weighted by atomic mass is 10.0. The molecule has 0 bridgehead atoms. The van der Waals surface area contributed by atoms with E-state index < -0.39 is 0 Å². The molecule has 1 heterocycles. The molecule has 0 radical (unpaired) electrons. The topological polar surface area (TPSA) is 66.2 Å². The van der Waals surface area contributed by atoms with Crippen molar-refractivity contribution in [1.29, 1.82) is 0 Å². The highest BCUT2D eigenvalue weighted by molar-refractivity contribution is 5.83. The number of nitrogens with zero attached hydrogens (tertiary/aromatic N) is 2. The SMILES string of the molecule is OCC(CO)c1nncc2ccccc12. The fourth-order valence-electron chi connectivity index (χ4n) is 1.58. The standard InChI is InChI=1S/C11H12N2O2/c14-6-9(7-15)11-10-4-2-1-3-8(10)5-12-13-11/h1-5,9,14-15H,6-7H2. The molecule has 0 atom stereocenters. The summed E-state index contributed by atoms with van der Waals surface area (Å²) in [5.74, 6) is -0.358. The molecule has 0 aliphatic heterocycles. The lowest BCUT2D eigenvalue weighted by Crippen LogP contribution is -2.11. The number of aliphatic hydroxyl groups is 2. The summed E-state index contributed by atoms with van der Waals surface area (Å²) in [4.78, 5) is 0. The summed E-state index contributed by atoms with van der Waals surface area (Å²) in [6.07, 6.45) is 1.67. The molecule has 0 fully saturated rings. The second kappa shape index (κ2) is 4.33. The zero-order valence-electron chi connectivity index (χ0n) is 8.17. The highest BCUT2D eigenvalue weighted by Crippen LogP contribution is 2.21. The Kier molecular flexibility index (Phi) is 2.89. The number of benzene rings is 1. The van der Waals surface area contributed by atoms with Gasteiger partial charge in [-0.15, -0.1) is 0 Å². The second-order valence-corrected chi connectivity index (χ2v) is 3.38. The number of hydrogen-bond donors (Lipinski definition) is 2. The van der Waals surface area contributed by atoms with Crippen molar-refractivity contribution >= 4 is 10.8 Å². The van der Waals surface area contributed by atoms with Crippen molar-refractivity contribution in [2.45, 2.75) is 5.92 Å². The lowest BCUT2D eigenvalue weighted by Gasteiger charge is -2.11. The van der Waals surface area contributed by atoms with Gasteiger partial charge < -0.3 is 10.2 Å². The Morgan fingerprint density at radius 3 is 2.60 bits per heavy atom. The van der Waals surface area contributed by atoms with Gasteiger partial charge in [-0.1, -0.05) is 24.3 Å². The van der Waals surface area contributed by atoms with Gasteiger partial charge in [0.05, 0.1) is 31.0 Å². The minimum Gasteiger partial charge on any atom is -0.396 e. The Labute approximate surface area is 87.2 Å². The highest BCUT2D eigenvalue weighted by Gasteiger charge is 2.14. The molecular weight excluding hydrogens is 192 g/mol. The van der Waals surface area contributed by atoms with Crippen LogP contribution in [0.15, 0.2) is 30.5 Å². The third kappa shape index (κ3) is 1.82. The van der Waals surface area contributed by atoms with Crippen LogP contribution in [-0.2, 0) is 0 Å². The molecule has 1 aromatic carbocycles. The van der Waals surface area contributed by atoms with Crippen molar-refractivity contribution in [1.82, 2.24) is 10.2 Å². The Hall–Kier alpha value is -1.52. The first kappa shape index (κ1) is 10.0. The fraction of sp³-hybridized carbons (Fsp3) is 0.273. The monoisotopic (exact) mass is 204 g/mol. The van der Waals surface area contributed by atoms with E-state index in [2.05, 4.69) is 10.2 Å². The Morgan fingerprint density at radius 2 is 1.87 bits per heavy atom. The smallest absolute Gasteiger partial charge is 0.0786 e. The largest absolute Gasteiger partial charge is 0.396 e. The van der Waals surface area contributed by atoms with Gasteiger partial charge in [-0.2, -0.15) is 10.2 Å². The zero-order chi connectivity index (χ0) is 10.7. The quantitative estimate of drug-likeness (QED) is 0.772. The molecule has 0 spiro atoms. The minimum atomic E-state index is -0.358. The van der Waals surface area contributed by atoms with Crippen LogP contribution < -0.4 is 0 Å². The highest BCUT2D eigenvalue weighted by atomic mass is 16.3. The maximum atomic E-state index is 9.11. The van der Waals surface area contributed by atoms with Crippen LogP contribution in [0.5, 0.6) is 0 Å². The van der Waals surface area contributed by atoms with E-state index in [0.717, 1.165) is 10.8 Å². The molecule has 15 heavy (non-hydrogen) atoms. The minimum absolute atomic E-state index is 0.126. The first-order valence-electron chi connectivity index (χ1n) is 4.79. The van der Waals surface area contributed by atoms with Crippen LogP contribution >= 0.6 is 0 Å². The number of hydrogen-bond acceptors (Lipinski definition) is 4. The Balaban J connectivity index is 2.59. The van der Waals surface area contributed by atoms with Crippen LogP contribution in [0.3, 0.4) is 0 Å². The van der Waals surface area contributed by atoms with Crippen molar-refractivity contribution in [2.75, 3.05) is 13.2 Å². The van der Waals surface area contributed by atoms with E-state index in [1.165, 1.54) is 0 Å². The van der Waals surface area contributed by atoms with Crippen molar-refractivity contribution in [3.63, 3.8) is 0 Å². The van der Waals surface area contributed by atoms with Gasteiger partial charge in [-0.25, -0.2) is 0 Å². The van der Waals surface area contributed by atoms with Crippen molar-refractivity contribution in [3.8, 4) is 0 Å². The molecule has 2 rings (SSSR count). The van der Waals surface area contributed by atoms with Gasteiger partial charge in [0.1, 0.15) is 0 Å². The van der Waals surface area contributed by atoms with Crippen LogP contribution in [0.2, 0.25) is 0 Å². The van der Waals surface area contributed by atoms with Gasteiger partial charge in [0.15, 0.2) is 0 Å². The van der Waals surface area contributed by atoms with Gasteiger partial charge >= 0.3 is 0 Å². The Bertz CT molecular complexity index is 450. The molecule has 2 N–H and O–H groups in total. The fourth-order valence-corrected chi connectivity index (χ4v) is 1.58. The average Bonchev–Trinajstić information content (AvgIpc) is 2.31. The third-order valence-corrected chi connectivity index (χ3v) is 2.43. The molecule has 78 valence electrons. The molecule has 0 aliphatic rings. The molecule has 1 aromatic heterocycles. The van der Waals surface area contributed by atoms with E-state index in [1.54, 1.807) is 6.20 Å². The second-order valence-electron chi connectivity index (χ2n) is 3.38. The molecule has 2 aromatic rings. The molecule has 4 heteroatoms. The first-order chi connectivity index (χ1) is 7.36. The van der Waals surface area contributed by atoms with E-state index in [9.17, 15) is 0 Å². The van der Waals surface area contributed by atoms with Gasteiger partial charge in [0, 0.05) is 10.8 Å². The summed E-state index contributed by atoms with van der Waals surface area (Å²) in [5.41, 5.74) is 0.651. The summed E-state index contributed by atoms with van der Waals surface area (Å²) in [7, 11) is 0. The summed E-state index contributed by atoms with van der Waals surface area (Å²) in [6, 6.07) is 7.66. The summed E-state index contributed by atoms with van der Waals surface area (Å²) >= 11 is 0. The maximum absolute atomic E-state index is 9.11. The van der Waals surface area contributed by atoms with Gasteiger partial charge in [0.25, 0.3) is 0 Å². The molecule has 0 aliphatic carbocycles. The lowest BCUT2D eigenvalue weighted by molar-refractivity contribution is 0.190. The molecule has 0 amide bonds. The zero-order valence-corrected chi connectivity index (χ0v) is 8.17. The molecule has 0 unspecified atom stereocenters. The van der Waals surface area contributed by atoms with Crippen LogP contribution in [0.4, 0.5) is 0 Å². The van der Waals surface area contributed by atoms with Crippen LogP contribution in [0, 0.1) is 0 Å². The van der Waals surface area contributed by atoms with Crippen LogP contribution in [-0.4, -0.2) is 33.6 Å². The molecule has 0 saturated carbocycles. The van der Waals surface area contributed by atoms with Crippen molar-refractivity contribution in [3.05, 3.63) is 36.2 Å². The number of aliphatic hydroxyl groups excluding tert-OH is 2. The van der Waals surface area contributed by atoms with E-state index in [4.69, 9.17) is 10.2 Å². The van der Waals surface area contributed by atoms with Gasteiger partial charge in [0.2, 0.25) is 0 Å². The van der Waals surface area contributed by atoms with Crippen molar-refractivity contribution < 1.29 is 10.2 Å². The maximum Gasteiger partial charge on any atom is 0.0786 e. The van der Waals surface area contributed by atoms with Gasteiger partial charge in [-0.3, -0.25) is 0 Å². The predicted molar refractivity (Wildman–Crippen MR) is 56.5 cm³/mol. The van der Waals surface area contributed by atoms with E-state index in [-0.39, 0.29) is 19.1 Å². The number of rotatable bonds is 3. The van der Waals surface area contributed by atoms with E-state index in [1.807, 2.05) is 24.3 Å².